The number of imide groups is 1. The van der Waals surface area contributed by atoms with Gasteiger partial charge in [0.15, 0.2) is 5.15 Å². The zero-order valence-electron chi connectivity index (χ0n) is 24.7. The summed E-state index contributed by atoms with van der Waals surface area (Å²) in [7, 11) is -0.977. The number of piperidine rings is 2. The van der Waals surface area contributed by atoms with Gasteiger partial charge in [0.05, 0.1) is 33.9 Å². The number of aryl methyl sites for hydroxylation is 1. The van der Waals surface area contributed by atoms with Crippen molar-refractivity contribution in [3.8, 4) is 0 Å². The number of carbonyl (C=O) groups is 2. The molecule has 6 rings (SSSR count). The van der Waals surface area contributed by atoms with Crippen LogP contribution in [-0.4, -0.2) is 103 Å². The number of aromatic nitrogens is 4. The molecule has 3 fully saturated rings. The van der Waals surface area contributed by atoms with Gasteiger partial charge in [-0.2, -0.15) is 5.10 Å². The number of carbonyl (C=O) groups excluding carboxylic acids is 2. The van der Waals surface area contributed by atoms with Crippen LogP contribution in [0.15, 0.2) is 24.5 Å². The molecule has 3 aliphatic heterocycles. The number of halogens is 2. The Morgan fingerprint density at radius 3 is 2.45 bits per heavy atom. The van der Waals surface area contributed by atoms with E-state index in [1.165, 1.54) is 0 Å². The molecular weight excluding hydrogens is 625 g/mol. The highest BCUT2D eigenvalue weighted by molar-refractivity contribution is 7.82. The molecular formula is C29H37Cl2N9O3S. The van der Waals surface area contributed by atoms with Crippen LogP contribution in [0.4, 0.5) is 11.6 Å². The number of hydrogen-bond acceptors (Lipinski definition) is 9. The van der Waals surface area contributed by atoms with Crippen LogP contribution < -0.4 is 15.5 Å². The topological polar surface area (TPSA) is 129 Å². The van der Waals surface area contributed by atoms with E-state index in [2.05, 4.69) is 52.8 Å². The monoisotopic (exact) mass is 661 g/mol. The molecule has 2 unspecified atom stereocenters. The molecule has 3 saturated heterocycles. The van der Waals surface area contributed by atoms with Crippen LogP contribution >= 0.6 is 23.2 Å². The molecule has 12 nitrogen and oxygen atoms in total. The number of benzene rings is 1. The van der Waals surface area contributed by atoms with Crippen molar-refractivity contribution in [2.24, 2.45) is 0 Å². The molecule has 2 atom stereocenters. The van der Waals surface area contributed by atoms with Crippen molar-refractivity contribution in [3.63, 3.8) is 0 Å². The van der Waals surface area contributed by atoms with Gasteiger partial charge in [0.25, 0.3) is 5.91 Å². The Morgan fingerprint density at radius 2 is 1.75 bits per heavy atom. The Bertz CT molecular complexity index is 1540. The minimum absolute atomic E-state index is 0.254. The van der Waals surface area contributed by atoms with E-state index in [0.29, 0.717) is 28.3 Å². The summed E-state index contributed by atoms with van der Waals surface area (Å²) in [4.78, 5) is 37.3. The van der Waals surface area contributed by atoms with Crippen LogP contribution in [0.25, 0.3) is 10.9 Å². The lowest BCUT2D eigenvalue weighted by molar-refractivity contribution is -0.135. The summed E-state index contributed by atoms with van der Waals surface area (Å²) in [6.45, 7) is 8.19. The normalized spacial score (nSPS) is 21.5. The van der Waals surface area contributed by atoms with Gasteiger partial charge in [-0.15, -0.1) is 0 Å². The Labute approximate surface area is 269 Å². The molecule has 2 amide bonds. The van der Waals surface area contributed by atoms with Crippen LogP contribution in [0.3, 0.4) is 0 Å². The molecule has 15 heteroatoms. The van der Waals surface area contributed by atoms with E-state index < -0.39 is 17.0 Å². The Morgan fingerprint density at radius 1 is 1.02 bits per heavy atom. The maximum absolute atomic E-state index is 13.0. The van der Waals surface area contributed by atoms with Crippen molar-refractivity contribution in [2.45, 2.75) is 51.1 Å². The molecule has 0 saturated carbocycles. The van der Waals surface area contributed by atoms with Gasteiger partial charge >= 0.3 is 0 Å². The van der Waals surface area contributed by atoms with Gasteiger partial charge in [0.2, 0.25) is 11.9 Å². The first kappa shape index (κ1) is 31.2. The van der Waals surface area contributed by atoms with E-state index in [4.69, 9.17) is 23.2 Å². The number of fused-ring (bicyclic) bond motifs is 1. The van der Waals surface area contributed by atoms with Crippen molar-refractivity contribution in [2.75, 3.05) is 61.8 Å². The fraction of sp³-hybridized carbons (Fsp3) is 0.552. The summed E-state index contributed by atoms with van der Waals surface area (Å²) in [5.41, 5.74) is 3.00. The lowest BCUT2D eigenvalue weighted by Crippen LogP contribution is -2.47. The number of nitrogens with zero attached hydrogens (tertiary/aromatic N) is 7. The smallest absolute Gasteiger partial charge is 0.251 e. The van der Waals surface area contributed by atoms with Crippen LogP contribution in [0, 0.1) is 6.92 Å². The average Bonchev–Trinajstić information content (AvgIpc) is 3.33. The number of amides is 2. The summed E-state index contributed by atoms with van der Waals surface area (Å²) in [5, 5.41) is 11.9. The third-order valence-electron chi connectivity index (χ3n) is 8.69. The maximum Gasteiger partial charge on any atom is 0.251 e. The number of rotatable bonds is 9. The standard InChI is InChI=1S/C29H37Cl2N9O3S/c1-19-15-25-22(27(31)36-40(25)23-3-4-26(41)35-28(23)42)16-24(19)38-12-10-37(11-13-38)7-2-14-44(43)39-8-5-21(6-9-39)34-29-32-17-20(30)18-33-29/h15-18,21,23H,2-14H2,1H3,(H,32,33,34)(H,35,41,42). The summed E-state index contributed by atoms with van der Waals surface area (Å²) >= 11 is 12.4. The Kier molecular flexibility index (Phi) is 9.67. The zero-order valence-corrected chi connectivity index (χ0v) is 27.0. The summed E-state index contributed by atoms with van der Waals surface area (Å²) in [6, 6.07) is 3.83. The third-order valence-corrected chi connectivity index (χ3v) is 10.7. The van der Waals surface area contributed by atoms with Gasteiger partial charge in [-0.25, -0.2) is 18.5 Å². The van der Waals surface area contributed by atoms with Gasteiger partial charge in [-0.1, -0.05) is 23.2 Å². The minimum Gasteiger partial charge on any atom is -0.369 e. The van der Waals surface area contributed by atoms with E-state index in [-0.39, 0.29) is 24.3 Å². The van der Waals surface area contributed by atoms with Gasteiger partial charge in [-0.05, 0) is 56.8 Å². The van der Waals surface area contributed by atoms with Crippen molar-refractivity contribution in [1.82, 2.24) is 34.3 Å². The molecule has 5 heterocycles. The summed E-state index contributed by atoms with van der Waals surface area (Å²) in [6.07, 6.45) is 6.54. The largest absolute Gasteiger partial charge is 0.369 e. The second-order valence-corrected chi connectivity index (χ2v) is 14.0. The van der Waals surface area contributed by atoms with Crippen LogP contribution in [0.2, 0.25) is 10.2 Å². The van der Waals surface area contributed by atoms with Crippen LogP contribution in [0.1, 0.15) is 43.7 Å². The van der Waals surface area contributed by atoms with Crippen LogP contribution in [-0.2, 0) is 20.6 Å². The summed E-state index contributed by atoms with van der Waals surface area (Å²) < 4.78 is 16.7. The lowest BCUT2D eigenvalue weighted by atomic mass is 10.1. The zero-order chi connectivity index (χ0) is 30.8. The molecule has 0 spiro atoms. The minimum atomic E-state index is -0.977. The van der Waals surface area contributed by atoms with Crippen molar-refractivity contribution in [3.05, 3.63) is 40.3 Å². The first-order valence-corrected chi connectivity index (χ1v) is 17.1. The number of nitrogens with one attached hydrogen (secondary N) is 2. The molecule has 0 bridgehead atoms. The van der Waals surface area contributed by atoms with E-state index in [0.717, 1.165) is 87.2 Å². The predicted molar refractivity (Wildman–Crippen MR) is 172 cm³/mol. The van der Waals surface area contributed by atoms with E-state index >= 15 is 0 Å². The highest BCUT2D eigenvalue weighted by Gasteiger charge is 2.31. The number of hydrogen-bond donors (Lipinski definition) is 2. The van der Waals surface area contributed by atoms with Gasteiger partial charge in [0, 0.05) is 68.6 Å². The second-order valence-electron chi connectivity index (χ2n) is 11.6. The second kappa shape index (κ2) is 13.7. The van der Waals surface area contributed by atoms with Gasteiger partial charge < -0.3 is 10.2 Å². The molecule has 44 heavy (non-hydrogen) atoms. The fourth-order valence-corrected chi connectivity index (χ4v) is 7.84. The number of piperazine rings is 1. The average molecular weight is 663 g/mol. The molecule has 0 aliphatic carbocycles. The third kappa shape index (κ3) is 7.02. The first-order valence-electron chi connectivity index (χ1n) is 15.1. The Hall–Kier alpha value is -2.84. The first-order chi connectivity index (χ1) is 21.2. The molecule has 3 aliphatic rings. The quantitative estimate of drug-likeness (QED) is 0.332. The molecule has 2 aromatic heterocycles. The van der Waals surface area contributed by atoms with Gasteiger partial charge in [0.1, 0.15) is 6.04 Å². The molecule has 236 valence electrons. The fourth-order valence-electron chi connectivity index (χ4n) is 6.26. The van der Waals surface area contributed by atoms with E-state index in [9.17, 15) is 13.8 Å². The number of anilines is 2. The molecule has 1 aromatic carbocycles. The predicted octanol–water partition coefficient (Wildman–Crippen LogP) is 3.17. The molecule has 3 aromatic rings. The molecule has 0 radical (unpaired) electrons. The van der Waals surface area contributed by atoms with E-state index in [1.54, 1.807) is 17.1 Å². The lowest BCUT2D eigenvalue weighted by Gasteiger charge is -2.37. The Balaban J connectivity index is 0.960. The van der Waals surface area contributed by atoms with Crippen molar-refractivity contribution >= 4 is 68.5 Å². The van der Waals surface area contributed by atoms with Crippen LogP contribution in [0.5, 0.6) is 0 Å². The summed E-state index contributed by atoms with van der Waals surface area (Å²) in [5.74, 6) is 0.654. The van der Waals surface area contributed by atoms with Crippen molar-refractivity contribution < 1.29 is 13.8 Å². The van der Waals surface area contributed by atoms with Gasteiger partial charge in [-0.3, -0.25) is 24.5 Å². The van der Waals surface area contributed by atoms with Crippen molar-refractivity contribution in [1.29, 1.82) is 0 Å². The van der Waals surface area contributed by atoms with E-state index in [1.807, 2.05) is 6.07 Å². The SMILES string of the molecule is Cc1cc2c(cc1N1CCN(CCCS(=O)N3CCC(Nc4ncc(Cl)cn4)CC3)CC1)c(Cl)nn2C1CCC(=O)NC1=O. The maximum atomic E-state index is 13.0. The molecule has 2 N–H and O–H groups in total. The highest BCUT2D eigenvalue weighted by Crippen LogP contribution is 2.34. The highest BCUT2D eigenvalue weighted by atomic mass is 35.5.